The van der Waals surface area contributed by atoms with Gasteiger partial charge in [0.05, 0.1) is 6.10 Å². The molecule has 0 amide bonds. The highest BCUT2D eigenvalue weighted by Crippen LogP contribution is 2.31. The predicted molar refractivity (Wildman–Crippen MR) is 96.9 cm³/mol. The van der Waals surface area contributed by atoms with Gasteiger partial charge in [-0.05, 0) is 30.0 Å². The van der Waals surface area contributed by atoms with Gasteiger partial charge in [0.25, 0.3) is 0 Å². The highest BCUT2D eigenvalue weighted by Gasteiger charge is 2.13. The van der Waals surface area contributed by atoms with Crippen molar-refractivity contribution in [3.05, 3.63) is 40.1 Å². The molecule has 0 aliphatic heterocycles. The van der Waals surface area contributed by atoms with Crippen LogP contribution < -0.4 is 5.32 Å². The molecular formula is C14H12Cl2N4OS2. The molecular weight excluding hydrogens is 375 g/mol. The van der Waals surface area contributed by atoms with Crippen molar-refractivity contribution < 1.29 is 5.11 Å². The van der Waals surface area contributed by atoms with Gasteiger partial charge in [-0.25, -0.2) is 15.0 Å². The quantitative estimate of drug-likeness (QED) is 0.638. The molecule has 3 aromatic rings. The van der Waals surface area contributed by atoms with Crippen LogP contribution >= 0.6 is 46.3 Å². The number of aromatic nitrogens is 3. The van der Waals surface area contributed by atoms with Crippen molar-refractivity contribution in [1.82, 2.24) is 15.0 Å². The minimum atomic E-state index is -0.760. The maximum atomic E-state index is 10.3. The molecule has 0 aliphatic carbocycles. The summed E-state index contributed by atoms with van der Waals surface area (Å²) < 4.78 is 1.79. The number of aliphatic hydroxyl groups excluding tert-OH is 1. The van der Waals surface area contributed by atoms with E-state index in [1.54, 1.807) is 30.0 Å². The van der Waals surface area contributed by atoms with E-state index >= 15 is 0 Å². The largest absolute Gasteiger partial charge is 0.387 e. The molecule has 0 bridgehead atoms. The monoisotopic (exact) mass is 386 g/mol. The van der Waals surface area contributed by atoms with E-state index in [2.05, 4.69) is 20.3 Å². The molecule has 0 saturated heterocycles. The van der Waals surface area contributed by atoms with Gasteiger partial charge in [0.15, 0.2) is 9.99 Å². The summed E-state index contributed by atoms with van der Waals surface area (Å²) in [6, 6.07) is 5.00. The van der Waals surface area contributed by atoms with Crippen LogP contribution in [0.25, 0.3) is 10.3 Å². The average molecular weight is 387 g/mol. The van der Waals surface area contributed by atoms with Crippen molar-refractivity contribution >= 4 is 62.5 Å². The zero-order valence-corrected chi connectivity index (χ0v) is 15.1. The van der Waals surface area contributed by atoms with Crippen LogP contribution in [0.3, 0.4) is 0 Å². The number of halogens is 2. The lowest BCUT2D eigenvalue weighted by Crippen LogP contribution is -2.13. The van der Waals surface area contributed by atoms with Gasteiger partial charge in [-0.2, -0.15) is 0 Å². The predicted octanol–water partition coefficient (Wildman–Crippen LogP) is 4.26. The molecule has 5 nitrogen and oxygen atoms in total. The van der Waals surface area contributed by atoms with Crippen LogP contribution in [0.1, 0.15) is 11.7 Å². The topological polar surface area (TPSA) is 70.9 Å². The summed E-state index contributed by atoms with van der Waals surface area (Å²) in [5, 5.41) is 14.4. The molecule has 2 N–H and O–H groups in total. The number of fused-ring (bicyclic) bond motifs is 1. The van der Waals surface area contributed by atoms with Crippen molar-refractivity contribution in [1.29, 1.82) is 0 Å². The number of rotatable bonds is 5. The minimum absolute atomic E-state index is 0.273. The molecule has 9 heteroatoms. The van der Waals surface area contributed by atoms with Crippen LogP contribution in [0, 0.1) is 0 Å². The number of nitrogens with zero attached hydrogens (tertiary/aromatic N) is 3. The molecule has 1 atom stereocenters. The Bertz CT molecular complexity index is 823. The first-order chi connectivity index (χ1) is 11.1. The second-order valence-corrected chi connectivity index (χ2v) is 7.58. The summed E-state index contributed by atoms with van der Waals surface area (Å²) in [7, 11) is 0. The maximum Gasteiger partial charge on any atom is 0.176 e. The Morgan fingerprint density at radius 1 is 1.26 bits per heavy atom. The summed E-state index contributed by atoms with van der Waals surface area (Å²) in [6.07, 6.45) is 2.66. The molecule has 2 aromatic heterocycles. The van der Waals surface area contributed by atoms with E-state index in [0.717, 1.165) is 9.04 Å². The summed E-state index contributed by atoms with van der Waals surface area (Å²) in [6.45, 7) is 0.273. The number of nitrogens with one attached hydrogen (secondary N) is 1. The first-order valence-electron chi connectivity index (χ1n) is 6.60. The Morgan fingerprint density at radius 2 is 2.00 bits per heavy atom. The Kier molecular flexibility index (Phi) is 5.23. The first-order valence-corrected chi connectivity index (χ1v) is 9.40. The second-order valence-electron chi connectivity index (χ2n) is 4.66. The minimum Gasteiger partial charge on any atom is -0.387 e. The number of thioether (sulfide) groups is 1. The smallest absolute Gasteiger partial charge is 0.176 e. The molecule has 0 fully saturated rings. The number of thiazole rings is 1. The van der Waals surface area contributed by atoms with Crippen molar-refractivity contribution in [2.75, 3.05) is 18.1 Å². The highest BCUT2D eigenvalue weighted by molar-refractivity contribution is 8.00. The molecule has 3 rings (SSSR count). The highest BCUT2D eigenvalue weighted by atomic mass is 35.5. The molecule has 1 unspecified atom stereocenters. The maximum absolute atomic E-state index is 10.3. The van der Waals surface area contributed by atoms with E-state index in [1.807, 2.05) is 6.26 Å². The van der Waals surface area contributed by atoms with Gasteiger partial charge in [0.1, 0.15) is 16.8 Å². The van der Waals surface area contributed by atoms with E-state index in [-0.39, 0.29) is 6.54 Å². The van der Waals surface area contributed by atoms with Crippen molar-refractivity contribution in [3.63, 3.8) is 0 Å². The summed E-state index contributed by atoms with van der Waals surface area (Å²) in [5.74, 6) is 0.653. The lowest BCUT2D eigenvalue weighted by Gasteiger charge is -2.13. The van der Waals surface area contributed by atoms with Gasteiger partial charge in [-0.3, -0.25) is 0 Å². The van der Waals surface area contributed by atoms with Gasteiger partial charge in [0, 0.05) is 16.6 Å². The summed E-state index contributed by atoms with van der Waals surface area (Å²) in [5.41, 5.74) is 1.30. The zero-order chi connectivity index (χ0) is 16.4. The van der Waals surface area contributed by atoms with E-state index in [1.165, 1.54) is 17.7 Å². The van der Waals surface area contributed by atoms with Crippen molar-refractivity contribution in [3.8, 4) is 0 Å². The van der Waals surface area contributed by atoms with Crippen LogP contribution in [0.2, 0.25) is 10.0 Å². The van der Waals surface area contributed by atoms with Crippen LogP contribution in [-0.4, -0.2) is 32.9 Å². The van der Waals surface area contributed by atoms with Crippen LogP contribution in [0.5, 0.6) is 0 Å². The SMILES string of the molecule is CSc1nc2ncnc(NCC(O)c3cc(Cl)cc(Cl)c3)c2s1. The first kappa shape index (κ1) is 16.7. The molecule has 0 aliphatic rings. The molecule has 0 saturated carbocycles. The van der Waals surface area contributed by atoms with E-state index in [0.29, 0.717) is 27.1 Å². The number of hydrogen-bond acceptors (Lipinski definition) is 7. The van der Waals surface area contributed by atoms with Gasteiger partial charge in [-0.15, -0.1) is 11.3 Å². The molecule has 23 heavy (non-hydrogen) atoms. The Hall–Kier alpha value is -1.12. The second kappa shape index (κ2) is 7.19. The van der Waals surface area contributed by atoms with Crippen LogP contribution in [0.15, 0.2) is 28.9 Å². The third-order valence-corrected chi connectivity index (χ3v) is 5.55. The Labute approximate surface area is 151 Å². The lowest BCUT2D eigenvalue weighted by atomic mass is 10.1. The fourth-order valence-electron chi connectivity index (χ4n) is 2.03. The number of benzene rings is 1. The third-order valence-electron chi connectivity index (χ3n) is 3.08. The summed E-state index contributed by atoms with van der Waals surface area (Å²) >= 11 is 15.0. The summed E-state index contributed by atoms with van der Waals surface area (Å²) in [4.78, 5) is 12.8. The van der Waals surface area contributed by atoms with Gasteiger partial charge >= 0.3 is 0 Å². The van der Waals surface area contributed by atoms with E-state index in [4.69, 9.17) is 23.2 Å². The van der Waals surface area contributed by atoms with Crippen molar-refractivity contribution in [2.45, 2.75) is 10.4 Å². The number of aliphatic hydroxyl groups is 1. The number of hydrogen-bond donors (Lipinski definition) is 2. The molecule has 120 valence electrons. The van der Waals surface area contributed by atoms with Crippen molar-refractivity contribution in [2.24, 2.45) is 0 Å². The Balaban J connectivity index is 1.78. The van der Waals surface area contributed by atoms with Gasteiger partial charge < -0.3 is 10.4 Å². The standard InChI is InChI=1S/C14H12Cl2N4OS2/c1-22-14-20-13-11(23-14)12(18-6-19-13)17-5-10(21)7-2-8(15)4-9(16)3-7/h2-4,6,10,21H,5H2,1H3,(H,17,18,19). The molecule has 0 spiro atoms. The molecule has 0 radical (unpaired) electrons. The molecule has 2 heterocycles. The normalized spacial score (nSPS) is 12.5. The third kappa shape index (κ3) is 3.87. The Morgan fingerprint density at radius 3 is 2.70 bits per heavy atom. The average Bonchev–Trinajstić information content (AvgIpc) is 2.95. The van der Waals surface area contributed by atoms with Crippen LogP contribution in [0.4, 0.5) is 5.82 Å². The van der Waals surface area contributed by atoms with Gasteiger partial charge in [0.2, 0.25) is 0 Å². The van der Waals surface area contributed by atoms with E-state index < -0.39 is 6.10 Å². The number of anilines is 1. The fourth-order valence-corrected chi connectivity index (χ4v) is 4.05. The molecule has 1 aromatic carbocycles. The fraction of sp³-hybridized carbons (Fsp3) is 0.214. The lowest BCUT2D eigenvalue weighted by molar-refractivity contribution is 0.191. The van der Waals surface area contributed by atoms with E-state index in [9.17, 15) is 5.11 Å². The van der Waals surface area contributed by atoms with Gasteiger partial charge in [-0.1, -0.05) is 35.0 Å². The van der Waals surface area contributed by atoms with Crippen LogP contribution in [-0.2, 0) is 0 Å². The zero-order valence-electron chi connectivity index (χ0n) is 12.0.